The van der Waals surface area contributed by atoms with Crippen LogP contribution in [0.25, 0.3) is 0 Å². The lowest BCUT2D eigenvalue weighted by molar-refractivity contribution is -0.0182. The molecule has 2 aromatic rings. The number of ether oxygens (including phenoxy) is 3. The highest BCUT2D eigenvalue weighted by molar-refractivity contribution is 5.57. The molecular weight excluding hydrogens is 412 g/mol. The highest BCUT2D eigenvalue weighted by atomic mass is 16.5. The molecule has 0 unspecified atom stereocenters. The SMILES string of the molecule is CCN1CCCc2ccc(CO[C@H]3CN(C)CC[C@@H]3c3ccc(OCCCOC)cc3)cc21. The predicted octanol–water partition coefficient (Wildman–Crippen LogP) is 4.88. The average molecular weight is 453 g/mol. The maximum atomic E-state index is 6.58. The van der Waals surface area contributed by atoms with E-state index in [1.54, 1.807) is 7.11 Å². The number of aryl methyl sites for hydroxylation is 1. The molecule has 2 atom stereocenters. The number of benzene rings is 2. The van der Waals surface area contributed by atoms with E-state index < -0.39 is 0 Å². The van der Waals surface area contributed by atoms with Crippen LogP contribution in [0.3, 0.4) is 0 Å². The first kappa shape index (κ1) is 24.1. The summed E-state index contributed by atoms with van der Waals surface area (Å²) in [5.74, 6) is 1.34. The number of hydrogen-bond acceptors (Lipinski definition) is 5. The van der Waals surface area contributed by atoms with Crippen LogP contribution in [-0.2, 0) is 22.5 Å². The zero-order chi connectivity index (χ0) is 23.0. The summed E-state index contributed by atoms with van der Waals surface area (Å²) in [6, 6.07) is 15.6. The van der Waals surface area contributed by atoms with E-state index in [0.29, 0.717) is 19.1 Å². The number of likely N-dealkylation sites (tertiary alicyclic amines) is 1. The zero-order valence-electron chi connectivity index (χ0n) is 20.6. The van der Waals surface area contributed by atoms with Crippen molar-refractivity contribution in [3.63, 3.8) is 0 Å². The second kappa shape index (κ2) is 11.9. The molecule has 180 valence electrons. The molecule has 0 radical (unpaired) electrons. The molecule has 33 heavy (non-hydrogen) atoms. The minimum Gasteiger partial charge on any atom is -0.494 e. The third-order valence-electron chi connectivity index (χ3n) is 7.04. The molecule has 0 spiro atoms. The third-order valence-corrected chi connectivity index (χ3v) is 7.04. The van der Waals surface area contributed by atoms with Crippen molar-refractivity contribution in [1.82, 2.24) is 4.90 Å². The normalized spacial score (nSPS) is 21.1. The molecule has 0 amide bonds. The van der Waals surface area contributed by atoms with Gasteiger partial charge < -0.3 is 24.0 Å². The van der Waals surface area contributed by atoms with Gasteiger partial charge >= 0.3 is 0 Å². The monoisotopic (exact) mass is 452 g/mol. The molecule has 2 aromatic carbocycles. The lowest BCUT2D eigenvalue weighted by Crippen LogP contribution is -2.42. The molecule has 4 rings (SSSR count). The molecule has 0 aliphatic carbocycles. The van der Waals surface area contributed by atoms with E-state index in [1.165, 1.54) is 35.2 Å². The van der Waals surface area contributed by atoms with Crippen LogP contribution < -0.4 is 9.64 Å². The molecule has 2 aliphatic rings. The van der Waals surface area contributed by atoms with Crippen molar-refractivity contribution < 1.29 is 14.2 Å². The van der Waals surface area contributed by atoms with Crippen molar-refractivity contribution in [3.05, 3.63) is 59.2 Å². The Balaban J connectivity index is 1.39. The molecule has 1 saturated heterocycles. The van der Waals surface area contributed by atoms with E-state index >= 15 is 0 Å². The Labute approximate surface area is 199 Å². The van der Waals surface area contributed by atoms with E-state index in [4.69, 9.17) is 14.2 Å². The van der Waals surface area contributed by atoms with Crippen molar-refractivity contribution in [2.45, 2.75) is 51.2 Å². The Morgan fingerprint density at radius 1 is 1.03 bits per heavy atom. The molecule has 0 N–H and O–H groups in total. The minimum absolute atomic E-state index is 0.190. The summed E-state index contributed by atoms with van der Waals surface area (Å²) in [5.41, 5.74) is 5.51. The first-order valence-electron chi connectivity index (χ1n) is 12.6. The van der Waals surface area contributed by atoms with Gasteiger partial charge in [-0.05, 0) is 74.7 Å². The van der Waals surface area contributed by atoms with Crippen molar-refractivity contribution in [1.29, 1.82) is 0 Å². The van der Waals surface area contributed by atoms with Gasteiger partial charge in [-0.15, -0.1) is 0 Å². The minimum atomic E-state index is 0.190. The van der Waals surface area contributed by atoms with Gasteiger partial charge in [0, 0.05) is 51.4 Å². The molecular formula is C28H40N2O3. The number of nitrogens with zero attached hydrogens (tertiary/aromatic N) is 2. The van der Waals surface area contributed by atoms with Gasteiger partial charge in [0.2, 0.25) is 0 Å². The molecule has 5 nitrogen and oxygen atoms in total. The van der Waals surface area contributed by atoms with E-state index in [9.17, 15) is 0 Å². The van der Waals surface area contributed by atoms with Crippen LogP contribution in [0.1, 0.15) is 48.8 Å². The maximum Gasteiger partial charge on any atom is 0.119 e. The summed E-state index contributed by atoms with van der Waals surface area (Å²) in [5, 5.41) is 0. The zero-order valence-corrected chi connectivity index (χ0v) is 20.6. The third kappa shape index (κ3) is 6.28. The Morgan fingerprint density at radius 3 is 2.67 bits per heavy atom. The molecule has 2 heterocycles. The predicted molar refractivity (Wildman–Crippen MR) is 135 cm³/mol. The molecule has 1 fully saturated rings. The van der Waals surface area contributed by atoms with Gasteiger partial charge in [-0.25, -0.2) is 0 Å². The van der Waals surface area contributed by atoms with Crippen LogP contribution in [0.2, 0.25) is 0 Å². The Bertz CT molecular complexity index is 870. The fourth-order valence-corrected chi connectivity index (χ4v) is 5.14. The lowest BCUT2D eigenvalue weighted by Gasteiger charge is -2.37. The van der Waals surface area contributed by atoms with Crippen LogP contribution in [0.4, 0.5) is 5.69 Å². The molecule has 0 aromatic heterocycles. The summed E-state index contributed by atoms with van der Waals surface area (Å²) in [7, 11) is 3.92. The fourth-order valence-electron chi connectivity index (χ4n) is 5.14. The largest absolute Gasteiger partial charge is 0.494 e. The lowest BCUT2D eigenvalue weighted by atomic mass is 9.87. The van der Waals surface area contributed by atoms with Crippen LogP contribution in [0, 0.1) is 0 Å². The van der Waals surface area contributed by atoms with E-state index in [-0.39, 0.29) is 6.10 Å². The highest BCUT2D eigenvalue weighted by Gasteiger charge is 2.30. The first-order chi connectivity index (χ1) is 16.2. The Hall–Kier alpha value is -2.08. The number of fused-ring (bicyclic) bond motifs is 1. The molecule has 0 bridgehead atoms. The van der Waals surface area contributed by atoms with Crippen molar-refractivity contribution in [2.75, 3.05) is 58.5 Å². The quantitative estimate of drug-likeness (QED) is 0.480. The van der Waals surface area contributed by atoms with E-state index in [0.717, 1.165) is 51.4 Å². The summed E-state index contributed by atoms with van der Waals surface area (Å²) < 4.78 is 17.5. The second-order valence-electron chi connectivity index (χ2n) is 9.42. The van der Waals surface area contributed by atoms with Crippen LogP contribution in [0.15, 0.2) is 42.5 Å². The summed E-state index contributed by atoms with van der Waals surface area (Å²) >= 11 is 0. The Kier molecular flexibility index (Phi) is 8.65. The van der Waals surface area contributed by atoms with Gasteiger partial charge in [0.1, 0.15) is 5.75 Å². The van der Waals surface area contributed by atoms with Crippen molar-refractivity contribution >= 4 is 5.69 Å². The highest BCUT2D eigenvalue weighted by Crippen LogP contribution is 2.33. The van der Waals surface area contributed by atoms with Crippen molar-refractivity contribution in [3.8, 4) is 5.75 Å². The van der Waals surface area contributed by atoms with Gasteiger partial charge in [0.05, 0.1) is 19.3 Å². The van der Waals surface area contributed by atoms with Crippen molar-refractivity contribution in [2.24, 2.45) is 0 Å². The average Bonchev–Trinajstić information content (AvgIpc) is 2.85. The van der Waals surface area contributed by atoms with Gasteiger partial charge in [-0.2, -0.15) is 0 Å². The molecule has 0 saturated carbocycles. The number of hydrogen-bond donors (Lipinski definition) is 0. The first-order valence-corrected chi connectivity index (χ1v) is 12.6. The van der Waals surface area contributed by atoms with Gasteiger partial charge in [0.15, 0.2) is 0 Å². The van der Waals surface area contributed by atoms with Crippen LogP contribution in [0.5, 0.6) is 5.75 Å². The number of rotatable bonds is 10. The van der Waals surface area contributed by atoms with Crippen LogP contribution in [-0.4, -0.2) is 64.6 Å². The van der Waals surface area contributed by atoms with Gasteiger partial charge in [-0.3, -0.25) is 0 Å². The smallest absolute Gasteiger partial charge is 0.119 e. The van der Waals surface area contributed by atoms with E-state index in [2.05, 4.69) is 66.2 Å². The standard InChI is InChI=1S/C28H40N2O3/c1-4-30-15-5-7-24-9-8-22(19-27(24)30)21-33-28-20-29(2)16-14-26(28)23-10-12-25(13-11-23)32-18-6-17-31-3/h8-13,19,26,28H,4-7,14-18,20-21H2,1-3H3/t26-,28+/m1/s1. The number of anilines is 1. The summed E-state index contributed by atoms with van der Waals surface area (Å²) in [6.07, 6.45) is 4.65. The second-order valence-corrected chi connectivity index (χ2v) is 9.42. The Morgan fingerprint density at radius 2 is 1.88 bits per heavy atom. The van der Waals surface area contributed by atoms with Gasteiger partial charge in [-0.1, -0.05) is 24.3 Å². The van der Waals surface area contributed by atoms with E-state index in [1.807, 2.05) is 0 Å². The summed E-state index contributed by atoms with van der Waals surface area (Å²) in [4.78, 5) is 4.89. The topological polar surface area (TPSA) is 34.2 Å². The van der Waals surface area contributed by atoms with Crippen LogP contribution >= 0.6 is 0 Å². The summed E-state index contributed by atoms with van der Waals surface area (Å²) in [6.45, 7) is 8.62. The fraction of sp³-hybridized carbons (Fsp3) is 0.571. The molecule has 2 aliphatic heterocycles. The maximum absolute atomic E-state index is 6.58. The number of piperidine rings is 1. The van der Waals surface area contributed by atoms with Gasteiger partial charge in [0.25, 0.3) is 0 Å². The molecule has 5 heteroatoms. The number of methoxy groups -OCH3 is 1. The number of likely N-dealkylation sites (N-methyl/N-ethyl adjacent to an activating group) is 1.